The van der Waals surface area contributed by atoms with Crippen LogP contribution in [0.5, 0.6) is 0 Å². The summed E-state index contributed by atoms with van der Waals surface area (Å²) in [6, 6.07) is 24.2. The van der Waals surface area contributed by atoms with Gasteiger partial charge in [0.05, 0.1) is 16.4 Å². The molecule has 1 heterocycles. The zero-order valence-electron chi connectivity index (χ0n) is 23.1. The third kappa shape index (κ3) is 7.58. The van der Waals surface area contributed by atoms with Crippen LogP contribution in [0.3, 0.4) is 0 Å². The molecule has 3 aromatic carbocycles. The Bertz CT molecular complexity index is 1380. The van der Waals surface area contributed by atoms with Gasteiger partial charge < -0.3 is 15.3 Å². The predicted molar refractivity (Wildman–Crippen MR) is 156 cm³/mol. The fourth-order valence-corrected chi connectivity index (χ4v) is 6.13. The summed E-state index contributed by atoms with van der Waals surface area (Å²) in [5.74, 6) is -1.08. The lowest BCUT2D eigenvalue weighted by Gasteiger charge is -2.34. The van der Waals surface area contributed by atoms with Crippen LogP contribution >= 0.6 is 0 Å². The smallest absolute Gasteiger partial charge is 0.335 e. The highest BCUT2D eigenvalue weighted by Gasteiger charge is 2.26. The van der Waals surface area contributed by atoms with Crippen LogP contribution in [0.25, 0.3) is 0 Å². The second-order valence-electron chi connectivity index (χ2n) is 10.6. The molecule has 212 valence electrons. The number of carbonyl (C=O) groups excluding carboxylic acids is 1. The lowest BCUT2D eigenvalue weighted by atomic mass is 9.87. The third-order valence-electron chi connectivity index (χ3n) is 7.87. The van der Waals surface area contributed by atoms with Gasteiger partial charge in [-0.05, 0) is 73.2 Å². The van der Waals surface area contributed by atoms with Crippen molar-refractivity contribution in [3.8, 4) is 0 Å². The molecule has 40 heavy (non-hydrogen) atoms. The van der Waals surface area contributed by atoms with Crippen LogP contribution in [-0.4, -0.2) is 62.2 Å². The standard InChI is InChI=1S/C32H38N2O5S/c1-3-29(24-13-15-28(16-14-24)40(2,38)39)31(35)33-27-17-20-34(21-18-27)22-19-30(23-7-5-4-6-8-23)25-9-11-26(12-10-25)32(36)37/h4-16,27,29-30H,3,17-22H2,1-2H3,(H,33,35)(H,36,37). The van der Waals surface area contributed by atoms with Crippen molar-refractivity contribution in [1.82, 2.24) is 10.2 Å². The van der Waals surface area contributed by atoms with Gasteiger partial charge in [0.25, 0.3) is 0 Å². The molecule has 0 bridgehead atoms. The first-order chi connectivity index (χ1) is 19.2. The fraction of sp³-hybridized carbons (Fsp3) is 0.375. The van der Waals surface area contributed by atoms with Crippen molar-refractivity contribution in [3.63, 3.8) is 0 Å². The average Bonchev–Trinajstić information content (AvgIpc) is 2.95. The van der Waals surface area contributed by atoms with Gasteiger partial charge in [0.2, 0.25) is 5.91 Å². The number of rotatable bonds is 11. The quantitative estimate of drug-likeness (QED) is 0.338. The average molecular weight is 563 g/mol. The maximum Gasteiger partial charge on any atom is 0.335 e. The molecule has 1 aliphatic rings. The van der Waals surface area contributed by atoms with E-state index in [9.17, 15) is 23.1 Å². The number of hydrogen-bond donors (Lipinski definition) is 2. The molecule has 0 aliphatic carbocycles. The molecule has 0 spiro atoms. The van der Waals surface area contributed by atoms with Gasteiger partial charge in [-0.15, -0.1) is 0 Å². The number of nitrogens with one attached hydrogen (secondary N) is 1. The molecule has 8 heteroatoms. The molecule has 2 unspecified atom stereocenters. The number of hydrogen-bond acceptors (Lipinski definition) is 5. The molecule has 2 atom stereocenters. The minimum absolute atomic E-state index is 0.0120. The fourth-order valence-electron chi connectivity index (χ4n) is 5.50. The maximum atomic E-state index is 13.1. The van der Waals surface area contributed by atoms with E-state index < -0.39 is 15.8 Å². The summed E-state index contributed by atoms with van der Waals surface area (Å²) >= 11 is 0. The van der Waals surface area contributed by atoms with E-state index in [1.165, 1.54) is 11.8 Å². The van der Waals surface area contributed by atoms with Gasteiger partial charge in [0, 0.05) is 31.3 Å². The van der Waals surface area contributed by atoms with Gasteiger partial charge >= 0.3 is 5.97 Å². The maximum absolute atomic E-state index is 13.1. The molecule has 1 aliphatic heterocycles. The summed E-state index contributed by atoms with van der Waals surface area (Å²) in [6.07, 6.45) is 4.47. The molecule has 2 N–H and O–H groups in total. The Morgan fingerprint density at radius 1 is 0.900 bits per heavy atom. The number of nitrogens with zero attached hydrogens (tertiary/aromatic N) is 1. The van der Waals surface area contributed by atoms with Crippen molar-refractivity contribution in [2.24, 2.45) is 0 Å². The second-order valence-corrected chi connectivity index (χ2v) is 12.6. The van der Waals surface area contributed by atoms with Crippen molar-refractivity contribution in [2.75, 3.05) is 25.9 Å². The van der Waals surface area contributed by atoms with E-state index in [0.29, 0.717) is 6.42 Å². The van der Waals surface area contributed by atoms with Crippen molar-refractivity contribution < 1.29 is 23.1 Å². The normalized spacial score (nSPS) is 16.2. The molecule has 0 aromatic heterocycles. The Hall–Kier alpha value is -3.49. The van der Waals surface area contributed by atoms with E-state index in [1.807, 2.05) is 37.3 Å². The summed E-state index contributed by atoms with van der Waals surface area (Å²) < 4.78 is 23.5. The van der Waals surface area contributed by atoms with Gasteiger partial charge in [0.15, 0.2) is 9.84 Å². The Kier molecular flexibility index (Phi) is 9.76. The first kappa shape index (κ1) is 29.5. The van der Waals surface area contributed by atoms with Crippen molar-refractivity contribution >= 4 is 21.7 Å². The second kappa shape index (κ2) is 13.2. The van der Waals surface area contributed by atoms with E-state index in [4.69, 9.17) is 0 Å². The van der Waals surface area contributed by atoms with Crippen LogP contribution in [0.15, 0.2) is 83.8 Å². The molecule has 3 aromatic rings. The SMILES string of the molecule is CCC(C(=O)NC1CCN(CCC(c2ccccc2)c2ccc(C(=O)O)cc2)CC1)c1ccc(S(C)(=O)=O)cc1. The van der Waals surface area contributed by atoms with E-state index in [1.54, 1.807) is 36.4 Å². The minimum atomic E-state index is -3.27. The Balaban J connectivity index is 1.32. The van der Waals surface area contributed by atoms with Crippen molar-refractivity contribution in [2.45, 2.75) is 55.4 Å². The molecule has 0 saturated carbocycles. The van der Waals surface area contributed by atoms with Crippen LogP contribution in [-0.2, 0) is 14.6 Å². The number of carbonyl (C=O) groups is 2. The highest BCUT2D eigenvalue weighted by Crippen LogP contribution is 2.29. The summed E-state index contributed by atoms with van der Waals surface area (Å²) in [7, 11) is -3.27. The molecule has 7 nitrogen and oxygen atoms in total. The van der Waals surface area contributed by atoms with Crippen molar-refractivity contribution in [3.05, 3.63) is 101 Å². The number of benzene rings is 3. The number of likely N-dealkylation sites (tertiary alicyclic amines) is 1. The van der Waals surface area contributed by atoms with Crippen LogP contribution in [0.2, 0.25) is 0 Å². The van der Waals surface area contributed by atoms with Crippen molar-refractivity contribution in [1.29, 1.82) is 0 Å². The van der Waals surface area contributed by atoms with Gasteiger partial charge in [-0.1, -0.05) is 61.5 Å². The first-order valence-electron chi connectivity index (χ1n) is 13.9. The summed E-state index contributed by atoms with van der Waals surface area (Å²) in [6.45, 7) is 4.66. The van der Waals surface area contributed by atoms with E-state index in [2.05, 4.69) is 22.3 Å². The Labute approximate surface area is 237 Å². The largest absolute Gasteiger partial charge is 0.478 e. The van der Waals surface area contributed by atoms with E-state index in [0.717, 1.165) is 50.0 Å². The number of piperidine rings is 1. The number of sulfone groups is 1. The number of carboxylic acid groups (broad SMARTS) is 1. The molecule has 1 amide bonds. The third-order valence-corrected chi connectivity index (χ3v) is 8.99. The lowest BCUT2D eigenvalue weighted by Crippen LogP contribution is -2.46. The van der Waals surface area contributed by atoms with Crippen LogP contribution < -0.4 is 5.32 Å². The first-order valence-corrected chi connectivity index (χ1v) is 15.8. The monoisotopic (exact) mass is 562 g/mol. The summed E-state index contributed by atoms with van der Waals surface area (Å²) in [4.78, 5) is 27.1. The highest BCUT2D eigenvalue weighted by molar-refractivity contribution is 7.90. The van der Waals surface area contributed by atoms with Crippen LogP contribution in [0.1, 0.15) is 71.5 Å². The Morgan fingerprint density at radius 3 is 2.02 bits per heavy atom. The topological polar surface area (TPSA) is 104 Å². The molecular formula is C32H38N2O5S. The van der Waals surface area contributed by atoms with Gasteiger partial charge in [-0.3, -0.25) is 4.79 Å². The summed E-state index contributed by atoms with van der Waals surface area (Å²) in [5, 5.41) is 12.5. The number of aromatic carboxylic acids is 1. The molecule has 4 rings (SSSR count). The highest BCUT2D eigenvalue weighted by atomic mass is 32.2. The minimum Gasteiger partial charge on any atom is -0.478 e. The molecular weight excluding hydrogens is 524 g/mol. The number of carboxylic acids is 1. The zero-order valence-corrected chi connectivity index (χ0v) is 23.9. The predicted octanol–water partition coefficient (Wildman–Crippen LogP) is 5.08. The van der Waals surface area contributed by atoms with Gasteiger partial charge in [-0.2, -0.15) is 0 Å². The summed E-state index contributed by atoms with van der Waals surface area (Å²) in [5.41, 5.74) is 3.43. The molecule has 1 saturated heterocycles. The number of amides is 1. The molecule has 0 radical (unpaired) electrons. The zero-order chi connectivity index (χ0) is 28.7. The van der Waals surface area contributed by atoms with E-state index >= 15 is 0 Å². The van der Waals surface area contributed by atoms with Crippen LogP contribution in [0, 0.1) is 0 Å². The Morgan fingerprint density at radius 2 is 1.48 bits per heavy atom. The lowest BCUT2D eigenvalue weighted by molar-refractivity contribution is -0.123. The molecule has 1 fully saturated rings. The van der Waals surface area contributed by atoms with E-state index in [-0.39, 0.29) is 34.2 Å². The van der Waals surface area contributed by atoms with Gasteiger partial charge in [-0.25, -0.2) is 13.2 Å². The van der Waals surface area contributed by atoms with Gasteiger partial charge in [0.1, 0.15) is 0 Å². The van der Waals surface area contributed by atoms with Crippen LogP contribution in [0.4, 0.5) is 0 Å².